The van der Waals surface area contributed by atoms with Gasteiger partial charge in [0, 0.05) is 0 Å². The Morgan fingerprint density at radius 1 is 0.273 bits per heavy atom. The Bertz CT molecular complexity index is 2510. The molecule has 0 amide bonds. The summed E-state index contributed by atoms with van der Waals surface area (Å²) in [5.74, 6) is 0. The number of rotatable bonds is 5. The van der Waals surface area contributed by atoms with Crippen molar-refractivity contribution in [1.82, 2.24) is 0 Å². The summed E-state index contributed by atoms with van der Waals surface area (Å²) in [6.45, 7) is 0. The predicted molar refractivity (Wildman–Crippen MR) is 189 cm³/mol. The van der Waals surface area contributed by atoms with Crippen molar-refractivity contribution in [3.05, 3.63) is 182 Å². The van der Waals surface area contributed by atoms with Crippen LogP contribution in [0.4, 0.5) is 0 Å². The minimum atomic E-state index is -0.399. The minimum Gasteiger partial charge on any atom is -0.0622 e. The van der Waals surface area contributed by atoms with Crippen LogP contribution in [0.1, 0.15) is 6.85 Å². The van der Waals surface area contributed by atoms with Crippen molar-refractivity contribution in [1.29, 1.82) is 0 Å². The first-order valence-electron chi connectivity index (χ1n) is 17.3. The highest BCUT2D eigenvalue weighted by Crippen LogP contribution is 2.45. The van der Waals surface area contributed by atoms with Gasteiger partial charge in [0.2, 0.25) is 0 Å². The summed E-state index contributed by atoms with van der Waals surface area (Å²) in [7, 11) is 0. The molecule has 0 saturated heterocycles. The molecule has 8 aromatic carbocycles. The van der Waals surface area contributed by atoms with Gasteiger partial charge < -0.3 is 0 Å². The van der Waals surface area contributed by atoms with Crippen LogP contribution in [0.2, 0.25) is 0 Å². The average Bonchev–Trinajstić information content (AvgIpc) is 3.16. The second-order valence-electron chi connectivity index (χ2n) is 10.9. The van der Waals surface area contributed by atoms with Gasteiger partial charge in [-0.3, -0.25) is 0 Å². The van der Waals surface area contributed by atoms with E-state index in [1.54, 1.807) is 0 Å². The summed E-state index contributed by atoms with van der Waals surface area (Å²) in [6, 6.07) is 50.7. The van der Waals surface area contributed by atoms with E-state index >= 15 is 0 Å². The molecule has 8 aromatic rings. The number of fused-ring (bicyclic) bond motifs is 2. The van der Waals surface area contributed by atoms with Crippen LogP contribution >= 0.6 is 0 Å². The fourth-order valence-electron chi connectivity index (χ4n) is 6.32. The van der Waals surface area contributed by atoms with Gasteiger partial charge in [-0.25, -0.2) is 0 Å². The van der Waals surface area contributed by atoms with Gasteiger partial charge in [-0.05, 0) is 95.4 Å². The molecule has 44 heavy (non-hydrogen) atoms. The van der Waals surface area contributed by atoms with Crippen molar-refractivity contribution < 1.29 is 6.85 Å². The molecule has 0 aliphatic heterocycles. The van der Waals surface area contributed by atoms with Crippen LogP contribution < -0.4 is 0 Å². The Balaban J connectivity index is 1.48. The van der Waals surface area contributed by atoms with E-state index in [-0.39, 0.29) is 29.7 Å². The van der Waals surface area contributed by atoms with Crippen molar-refractivity contribution >= 4 is 21.5 Å². The van der Waals surface area contributed by atoms with Gasteiger partial charge in [-0.1, -0.05) is 164 Å². The second-order valence-corrected chi connectivity index (χ2v) is 10.9. The monoisotopic (exact) mass is 563 g/mol. The standard InChI is InChI=1S/C44H30/c1-4-14-31(15-5-1)34-20-12-22-37(28-34)43-39-24-10-11-25-40(39)44(38-23-13-21-35(29-38)32-16-6-2-7-17-32)42-30-36(26-27-41(42)43)33-18-8-3-9-19-33/h1-30H/i3D,8D,9D,18D,19D. The quantitative estimate of drug-likeness (QED) is 0.183. The Hall–Kier alpha value is -5.72. The van der Waals surface area contributed by atoms with Crippen LogP contribution in [-0.4, -0.2) is 0 Å². The molecular weight excluding hydrogens is 528 g/mol. The number of hydrogen-bond donors (Lipinski definition) is 0. The molecule has 0 atom stereocenters. The van der Waals surface area contributed by atoms with E-state index < -0.39 is 6.04 Å². The summed E-state index contributed by atoms with van der Waals surface area (Å²) in [6.07, 6.45) is 0. The molecule has 8 rings (SSSR count). The normalized spacial score (nSPS) is 12.8. The van der Waals surface area contributed by atoms with E-state index in [0.29, 0.717) is 5.56 Å². The third kappa shape index (κ3) is 4.68. The summed E-state index contributed by atoms with van der Waals surface area (Å²) < 4.78 is 42.4. The number of benzene rings is 8. The fourth-order valence-corrected chi connectivity index (χ4v) is 6.32. The summed E-state index contributed by atoms with van der Waals surface area (Å²) in [5, 5.41) is 4.13. The molecule has 0 aliphatic rings. The lowest BCUT2D eigenvalue weighted by molar-refractivity contribution is 1.60. The van der Waals surface area contributed by atoms with Crippen LogP contribution in [0.15, 0.2) is 182 Å². The topological polar surface area (TPSA) is 0 Å². The van der Waals surface area contributed by atoms with Crippen molar-refractivity contribution in [3.8, 4) is 55.6 Å². The molecule has 0 radical (unpaired) electrons. The van der Waals surface area contributed by atoms with Gasteiger partial charge in [0.25, 0.3) is 0 Å². The highest BCUT2D eigenvalue weighted by atomic mass is 14.2. The molecule has 0 nitrogen and oxygen atoms in total. The van der Waals surface area contributed by atoms with E-state index in [1.165, 1.54) is 0 Å². The summed E-state index contributed by atoms with van der Waals surface area (Å²) in [4.78, 5) is 0. The van der Waals surface area contributed by atoms with Gasteiger partial charge in [-0.2, -0.15) is 0 Å². The lowest BCUT2D eigenvalue weighted by Crippen LogP contribution is -1.92. The molecule has 206 valence electrons. The third-order valence-electron chi connectivity index (χ3n) is 8.33. The van der Waals surface area contributed by atoms with Crippen LogP contribution in [0.5, 0.6) is 0 Å². The Morgan fingerprint density at radius 3 is 1.27 bits per heavy atom. The molecule has 0 heterocycles. The van der Waals surface area contributed by atoms with Crippen LogP contribution in [-0.2, 0) is 0 Å². The molecule has 0 heteroatoms. The highest BCUT2D eigenvalue weighted by molar-refractivity contribution is 6.22. The van der Waals surface area contributed by atoms with Gasteiger partial charge >= 0.3 is 0 Å². The molecular formula is C44H30. The highest BCUT2D eigenvalue weighted by Gasteiger charge is 2.18. The third-order valence-corrected chi connectivity index (χ3v) is 8.33. The average molecular weight is 564 g/mol. The first kappa shape index (κ1) is 21.0. The lowest BCUT2D eigenvalue weighted by atomic mass is 9.84. The maximum Gasteiger partial charge on any atom is 0.0629 e. The summed E-state index contributed by atoms with van der Waals surface area (Å²) >= 11 is 0. The smallest absolute Gasteiger partial charge is 0.0622 e. The lowest BCUT2D eigenvalue weighted by Gasteiger charge is -2.19. The Labute approximate surface area is 265 Å². The predicted octanol–water partition coefficient (Wildman–Crippen LogP) is 12.3. The molecule has 0 N–H and O–H groups in total. The van der Waals surface area contributed by atoms with Crippen molar-refractivity contribution in [2.75, 3.05) is 0 Å². The van der Waals surface area contributed by atoms with E-state index in [9.17, 15) is 0 Å². The SMILES string of the molecule is [2H]c1c([2H])c([2H])c(-c2ccc3c(-c4cccc(-c5ccccc5)c4)c4ccccc4c(-c4cccc(-c5ccccc5)c4)c3c2)c([2H])c1[2H]. The Kier molecular flexibility index (Phi) is 5.34. The van der Waals surface area contributed by atoms with E-state index in [2.05, 4.69) is 97.1 Å². The van der Waals surface area contributed by atoms with Crippen LogP contribution in [0.25, 0.3) is 77.2 Å². The van der Waals surface area contributed by atoms with Crippen LogP contribution in [0.3, 0.4) is 0 Å². The molecule has 0 unspecified atom stereocenters. The molecule has 0 bridgehead atoms. The second kappa shape index (κ2) is 11.2. The largest absolute Gasteiger partial charge is 0.0629 e. The molecule has 0 aromatic heterocycles. The molecule has 0 saturated carbocycles. The van der Waals surface area contributed by atoms with Crippen molar-refractivity contribution in [3.63, 3.8) is 0 Å². The first-order chi connectivity index (χ1) is 23.9. The number of hydrogen-bond acceptors (Lipinski definition) is 0. The molecule has 0 spiro atoms. The minimum absolute atomic E-state index is 0.192. The van der Waals surface area contributed by atoms with E-state index in [1.807, 2.05) is 54.6 Å². The zero-order valence-electron chi connectivity index (χ0n) is 28.9. The van der Waals surface area contributed by atoms with Crippen LogP contribution in [0, 0.1) is 0 Å². The van der Waals surface area contributed by atoms with Gasteiger partial charge in [0.1, 0.15) is 0 Å². The van der Waals surface area contributed by atoms with E-state index in [0.717, 1.165) is 66.1 Å². The molecule has 0 aliphatic carbocycles. The van der Waals surface area contributed by atoms with Crippen molar-refractivity contribution in [2.24, 2.45) is 0 Å². The zero-order valence-corrected chi connectivity index (χ0v) is 23.9. The van der Waals surface area contributed by atoms with E-state index in [4.69, 9.17) is 6.85 Å². The fraction of sp³-hybridized carbons (Fsp3) is 0. The Morgan fingerprint density at radius 2 is 0.705 bits per heavy atom. The molecule has 0 fully saturated rings. The first-order valence-corrected chi connectivity index (χ1v) is 14.8. The van der Waals surface area contributed by atoms with Crippen molar-refractivity contribution in [2.45, 2.75) is 0 Å². The van der Waals surface area contributed by atoms with Gasteiger partial charge in [0.15, 0.2) is 0 Å². The maximum absolute atomic E-state index is 8.76. The van der Waals surface area contributed by atoms with Gasteiger partial charge in [-0.15, -0.1) is 0 Å². The zero-order chi connectivity index (χ0) is 33.6. The maximum atomic E-state index is 8.76. The van der Waals surface area contributed by atoms with Gasteiger partial charge in [0.05, 0.1) is 6.85 Å². The summed E-state index contributed by atoms with van der Waals surface area (Å²) in [5.41, 5.74) is 9.44.